The summed E-state index contributed by atoms with van der Waals surface area (Å²) in [7, 11) is 0. The molecule has 1 atom stereocenters. The zero-order chi connectivity index (χ0) is 10.1. The molecule has 0 N–H and O–H groups in total. The number of hydrogen-bond acceptors (Lipinski definition) is 1. The average molecular weight is 307 g/mol. The number of carbonyl (C=O) groups is 1. The third-order valence-electron chi connectivity index (χ3n) is 2.06. The lowest BCUT2D eigenvalue weighted by molar-refractivity contribution is -0.185. The molecule has 13 heavy (non-hydrogen) atoms. The Bertz CT molecular complexity index is 206. The van der Waals surface area contributed by atoms with Crippen LogP contribution in [0.15, 0.2) is 0 Å². The zero-order valence-corrected chi connectivity index (χ0v) is 8.93. The molecule has 1 aliphatic heterocycles. The highest BCUT2D eigenvalue weighted by atomic mass is 127. The van der Waals surface area contributed by atoms with E-state index < -0.39 is 12.1 Å². The van der Waals surface area contributed by atoms with Crippen molar-refractivity contribution >= 4 is 28.5 Å². The Labute approximate surface area is 87.6 Å². The summed E-state index contributed by atoms with van der Waals surface area (Å²) in [5.74, 6) is -1.69. The van der Waals surface area contributed by atoms with Gasteiger partial charge in [0.2, 0.25) is 0 Å². The monoisotopic (exact) mass is 307 g/mol. The summed E-state index contributed by atoms with van der Waals surface area (Å²) in [6, 6.07) is -0.227. The van der Waals surface area contributed by atoms with E-state index in [0.29, 0.717) is 17.3 Å². The van der Waals surface area contributed by atoms with Gasteiger partial charge < -0.3 is 4.90 Å². The van der Waals surface area contributed by atoms with E-state index in [1.165, 1.54) is 0 Å². The smallest absolute Gasteiger partial charge is 0.331 e. The molecule has 1 heterocycles. The van der Waals surface area contributed by atoms with Gasteiger partial charge in [0.25, 0.3) is 0 Å². The third-order valence-corrected chi connectivity index (χ3v) is 3.08. The number of rotatable bonds is 1. The lowest BCUT2D eigenvalue weighted by atomic mass is 10.2. The fourth-order valence-electron chi connectivity index (χ4n) is 1.43. The van der Waals surface area contributed by atoms with Gasteiger partial charge in [-0.25, -0.2) is 0 Å². The molecule has 0 spiro atoms. The van der Waals surface area contributed by atoms with E-state index in [4.69, 9.17) is 0 Å². The molecule has 6 heteroatoms. The second kappa shape index (κ2) is 4.02. The SMILES string of the molecule is O=C(N1CCCC1CI)C(F)(F)F. The molecule has 0 saturated carbocycles. The van der Waals surface area contributed by atoms with Crippen LogP contribution in [-0.2, 0) is 4.79 Å². The minimum absolute atomic E-state index is 0.227. The Hall–Kier alpha value is -0.0100. The molecule has 2 nitrogen and oxygen atoms in total. The Morgan fingerprint density at radius 1 is 1.54 bits per heavy atom. The number of nitrogens with zero attached hydrogens (tertiary/aromatic N) is 1. The summed E-state index contributed by atoms with van der Waals surface area (Å²) in [5, 5.41) is 0. The van der Waals surface area contributed by atoms with Crippen molar-refractivity contribution in [3.05, 3.63) is 0 Å². The van der Waals surface area contributed by atoms with Crippen LogP contribution in [0.1, 0.15) is 12.8 Å². The van der Waals surface area contributed by atoms with Gasteiger partial charge in [0.15, 0.2) is 0 Å². The summed E-state index contributed by atoms with van der Waals surface area (Å²) in [6.07, 6.45) is -3.35. The van der Waals surface area contributed by atoms with E-state index in [2.05, 4.69) is 0 Å². The topological polar surface area (TPSA) is 20.3 Å². The molecule has 0 aliphatic carbocycles. The van der Waals surface area contributed by atoms with E-state index in [1.54, 1.807) is 0 Å². The summed E-state index contributed by atoms with van der Waals surface area (Å²) >= 11 is 2.01. The number of amides is 1. The fraction of sp³-hybridized carbons (Fsp3) is 0.857. The van der Waals surface area contributed by atoms with Gasteiger partial charge in [0, 0.05) is 17.0 Å². The highest BCUT2D eigenvalue weighted by Gasteiger charge is 2.45. The largest absolute Gasteiger partial charge is 0.471 e. The highest BCUT2D eigenvalue weighted by Crippen LogP contribution is 2.26. The van der Waals surface area contributed by atoms with E-state index >= 15 is 0 Å². The molecule has 1 unspecified atom stereocenters. The molecule has 76 valence electrons. The van der Waals surface area contributed by atoms with Crippen molar-refractivity contribution in [3.63, 3.8) is 0 Å². The molecule has 1 aliphatic rings. The second-order valence-electron chi connectivity index (χ2n) is 2.95. The lowest BCUT2D eigenvalue weighted by Gasteiger charge is -2.23. The predicted octanol–water partition coefficient (Wildman–Crippen LogP) is 1.97. The average Bonchev–Trinajstić information content (AvgIpc) is 2.48. The molecule has 1 amide bonds. The molecule has 0 aromatic heterocycles. The first-order valence-corrected chi connectivity index (χ1v) is 5.43. The Balaban J connectivity index is 2.66. The number of carbonyl (C=O) groups excluding carboxylic acids is 1. The molecule has 0 bridgehead atoms. The number of likely N-dealkylation sites (tertiary alicyclic amines) is 1. The van der Waals surface area contributed by atoms with Gasteiger partial charge in [-0.05, 0) is 12.8 Å². The van der Waals surface area contributed by atoms with Gasteiger partial charge in [-0.15, -0.1) is 0 Å². The first-order chi connectivity index (χ1) is 5.96. The standard InChI is InChI=1S/C7H9F3INO/c8-7(9,10)6(13)12-3-1-2-5(12)4-11/h5H,1-4H2. The van der Waals surface area contributed by atoms with Crippen LogP contribution in [0.3, 0.4) is 0 Å². The summed E-state index contributed by atoms with van der Waals surface area (Å²) < 4.78 is 36.6. The molecule has 0 aromatic carbocycles. The van der Waals surface area contributed by atoms with Crippen LogP contribution >= 0.6 is 22.6 Å². The normalized spacial score (nSPS) is 23.7. The van der Waals surface area contributed by atoms with E-state index in [1.807, 2.05) is 22.6 Å². The van der Waals surface area contributed by atoms with Gasteiger partial charge in [-0.1, -0.05) is 22.6 Å². The Kier molecular flexibility index (Phi) is 3.42. The van der Waals surface area contributed by atoms with Crippen LogP contribution in [0.4, 0.5) is 13.2 Å². The third kappa shape index (κ3) is 2.47. The number of halogens is 4. The van der Waals surface area contributed by atoms with E-state index in [-0.39, 0.29) is 12.6 Å². The minimum atomic E-state index is -4.71. The van der Waals surface area contributed by atoms with Crippen molar-refractivity contribution in [3.8, 4) is 0 Å². The van der Waals surface area contributed by atoms with Crippen LogP contribution < -0.4 is 0 Å². The molecule has 1 saturated heterocycles. The highest BCUT2D eigenvalue weighted by molar-refractivity contribution is 14.1. The maximum atomic E-state index is 12.0. The maximum Gasteiger partial charge on any atom is 0.471 e. The lowest BCUT2D eigenvalue weighted by Crippen LogP contribution is -2.44. The predicted molar refractivity (Wildman–Crippen MR) is 49.7 cm³/mol. The second-order valence-corrected chi connectivity index (χ2v) is 3.83. The van der Waals surface area contributed by atoms with Crippen molar-refractivity contribution in [1.29, 1.82) is 0 Å². The molecule has 1 fully saturated rings. The van der Waals surface area contributed by atoms with Gasteiger partial charge in [-0.3, -0.25) is 4.79 Å². The minimum Gasteiger partial charge on any atom is -0.331 e. The summed E-state index contributed by atoms with van der Waals surface area (Å²) in [5.41, 5.74) is 0. The zero-order valence-electron chi connectivity index (χ0n) is 6.77. The number of alkyl halides is 4. The van der Waals surface area contributed by atoms with Crippen molar-refractivity contribution in [2.75, 3.05) is 11.0 Å². The van der Waals surface area contributed by atoms with Crippen molar-refractivity contribution < 1.29 is 18.0 Å². The van der Waals surface area contributed by atoms with Gasteiger partial charge in [0.05, 0.1) is 0 Å². The van der Waals surface area contributed by atoms with Gasteiger partial charge in [-0.2, -0.15) is 13.2 Å². The summed E-state index contributed by atoms with van der Waals surface area (Å²) in [6.45, 7) is 0.242. The fourth-order valence-corrected chi connectivity index (χ4v) is 2.34. The molecule has 1 rings (SSSR count). The van der Waals surface area contributed by atoms with E-state index in [0.717, 1.165) is 4.90 Å². The van der Waals surface area contributed by atoms with Crippen LogP contribution in [0.25, 0.3) is 0 Å². The van der Waals surface area contributed by atoms with Crippen molar-refractivity contribution in [2.24, 2.45) is 0 Å². The van der Waals surface area contributed by atoms with Crippen LogP contribution in [0.5, 0.6) is 0 Å². The first-order valence-electron chi connectivity index (χ1n) is 3.90. The Morgan fingerprint density at radius 2 is 2.15 bits per heavy atom. The quantitative estimate of drug-likeness (QED) is 0.536. The Morgan fingerprint density at radius 3 is 2.62 bits per heavy atom. The van der Waals surface area contributed by atoms with Gasteiger partial charge >= 0.3 is 12.1 Å². The van der Waals surface area contributed by atoms with Crippen LogP contribution in [-0.4, -0.2) is 34.0 Å². The molecular weight excluding hydrogens is 298 g/mol. The molecule has 0 radical (unpaired) electrons. The van der Waals surface area contributed by atoms with Crippen LogP contribution in [0.2, 0.25) is 0 Å². The number of hydrogen-bond donors (Lipinski definition) is 0. The maximum absolute atomic E-state index is 12.0. The molecule has 0 aromatic rings. The van der Waals surface area contributed by atoms with E-state index in [9.17, 15) is 18.0 Å². The van der Waals surface area contributed by atoms with Gasteiger partial charge in [0.1, 0.15) is 0 Å². The van der Waals surface area contributed by atoms with Crippen LogP contribution in [0, 0.1) is 0 Å². The van der Waals surface area contributed by atoms with Crippen molar-refractivity contribution in [2.45, 2.75) is 25.1 Å². The first kappa shape index (κ1) is 11.1. The molecular formula is C7H9F3INO. The summed E-state index contributed by atoms with van der Waals surface area (Å²) in [4.78, 5) is 11.8. The van der Waals surface area contributed by atoms with Crippen molar-refractivity contribution in [1.82, 2.24) is 4.90 Å².